The van der Waals surface area contributed by atoms with Gasteiger partial charge in [-0.3, -0.25) is 10.0 Å². The lowest BCUT2D eigenvalue weighted by Crippen LogP contribution is -2.22. The molecule has 0 N–H and O–H groups in total. The van der Waals surface area contributed by atoms with Crippen molar-refractivity contribution < 1.29 is 0 Å². The average Bonchev–Trinajstić information content (AvgIpc) is 3.06. The molecule has 0 saturated heterocycles. The highest BCUT2D eigenvalue weighted by Gasteiger charge is 2.11. The molecule has 3 rings (SSSR count). The van der Waals surface area contributed by atoms with Gasteiger partial charge in [0.05, 0.1) is 6.21 Å². The smallest absolute Gasteiger partial charge is 0.129 e. The van der Waals surface area contributed by atoms with Crippen LogP contribution in [0, 0.1) is 5.92 Å². The number of hydrazone groups is 2. The molecule has 0 saturated carbocycles. The van der Waals surface area contributed by atoms with E-state index in [-0.39, 0.29) is 5.92 Å². The van der Waals surface area contributed by atoms with E-state index in [1.807, 2.05) is 111 Å². The van der Waals surface area contributed by atoms with Crippen LogP contribution in [0.1, 0.15) is 11.1 Å². The number of hydrogen-bond acceptors (Lipinski definition) is 4. The molecule has 31 heavy (non-hydrogen) atoms. The summed E-state index contributed by atoms with van der Waals surface area (Å²) in [4.78, 5) is 1.33. The normalized spacial score (nSPS) is 15.7. The second kappa shape index (κ2) is 11.2. The first-order valence-electron chi connectivity index (χ1n) is 9.85. The van der Waals surface area contributed by atoms with Crippen LogP contribution in [0.5, 0.6) is 0 Å². The number of nitrogens with zero attached hydrogens (tertiary/aromatic N) is 4. The first-order chi connectivity index (χ1) is 15.1. The van der Waals surface area contributed by atoms with E-state index < -0.39 is 0 Å². The maximum Gasteiger partial charge on any atom is 0.129 e. The minimum Gasteiger partial charge on any atom is -0.257 e. The van der Waals surface area contributed by atoms with Gasteiger partial charge in [-0.05, 0) is 5.57 Å². The number of hydrogen-bond donors (Lipinski definition) is 0. The zero-order chi connectivity index (χ0) is 22.1. The van der Waals surface area contributed by atoms with E-state index in [0.717, 1.165) is 16.7 Å². The zero-order valence-corrected chi connectivity index (χ0v) is 19.1. The Morgan fingerprint density at radius 3 is 1.90 bits per heavy atom. The Morgan fingerprint density at radius 2 is 1.32 bits per heavy atom. The van der Waals surface area contributed by atoms with Crippen LogP contribution in [0.3, 0.4) is 0 Å². The van der Waals surface area contributed by atoms with Gasteiger partial charge in [0.1, 0.15) is 9.98 Å². The molecule has 0 spiro atoms. The van der Waals surface area contributed by atoms with Crippen LogP contribution >= 0.6 is 24.4 Å². The van der Waals surface area contributed by atoms with E-state index in [4.69, 9.17) is 24.4 Å². The fraction of sp³-hybridized carbons (Fsp3) is 0.120. The lowest BCUT2D eigenvalue weighted by Gasteiger charge is -2.17. The Balaban J connectivity index is 1.71. The Kier molecular flexibility index (Phi) is 8.15. The third-order valence-electron chi connectivity index (χ3n) is 4.62. The molecule has 2 aromatic carbocycles. The van der Waals surface area contributed by atoms with Crippen LogP contribution in [0.15, 0.2) is 107 Å². The van der Waals surface area contributed by atoms with Crippen molar-refractivity contribution in [1.82, 2.24) is 10.0 Å². The third-order valence-corrected chi connectivity index (χ3v) is 5.62. The molecular weight excluding hydrogens is 420 g/mol. The summed E-state index contributed by atoms with van der Waals surface area (Å²) in [6.07, 6.45) is 13.8. The molecule has 0 amide bonds. The molecule has 1 aliphatic rings. The zero-order valence-electron chi connectivity index (χ0n) is 17.5. The fourth-order valence-electron chi connectivity index (χ4n) is 2.87. The molecule has 0 fully saturated rings. The number of allylic oxidation sites excluding steroid dienone is 6. The van der Waals surface area contributed by atoms with Gasteiger partial charge in [0, 0.05) is 37.4 Å². The Bertz CT molecular complexity index is 1050. The van der Waals surface area contributed by atoms with Gasteiger partial charge in [-0.15, -0.1) is 0 Å². The Hall–Kier alpha value is -3.22. The van der Waals surface area contributed by atoms with Gasteiger partial charge in [-0.25, -0.2) is 0 Å². The topological polar surface area (TPSA) is 31.2 Å². The molecule has 1 unspecified atom stereocenters. The minimum absolute atomic E-state index is 0.0431. The van der Waals surface area contributed by atoms with Crippen molar-refractivity contribution >= 4 is 46.8 Å². The molecule has 1 atom stereocenters. The van der Waals surface area contributed by atoms with Crippen molar-refractivity contribution in [3.8, 4) is 0 Å². The molecule has 156 valence electrons. The number of rotatable bonds is 6. The van der Waals surface area contributed by atoms with E-state index in [2.05, 4.69) is 16.3 Å². The molecule has 0 aliphatic heterocycles. The molecule has 0 radical (unpaired) electrons. The molecule has 0 heterocycles. The molecule has 2 aromatic rings. The van der Waals surface area contributed by atoms with Gasteiger partial charge in [-0.2, -0.15) is 10.2 Å². The SMILES string of the molecule is CN(/N=C/C1=CC=CC=CC1/C=N/N(C)C(=S)c1ccccc1)C(=S)c1ccccc1. The second-order valence-electron chi connectivity index (χ2n) is 6.86. The van der Waals surface area contributed by atoms with Gasteiger partial charge in [0.25, 0.3) is 0 Å². The van der Waals surface area contributed by atoms with Crippen molar-refractivity contribution in [2.24, 2.45) is 16.1 Å². The van der Waals surface area contributed by atoms with E-state index in [0.29, 0.717) is 9.98 Å². The van der Waals surface area contributed by atoms with Crippen LogP contribution in [0.4, 0.5) is 0 Å². The van der Waals surface area contributed by atoms with Crippen LogP contribution in [0.2, 0.25) is 0 Å². The summed E-state index contributed by atoms with van der Waals surface area (Å²) in [5.41, 5.74) is 2.92. The van der Waals surface area contributed by atoms with E-state index in [9.17, 15) is 0 Å². The summed E-state index contributed by atoms with van der Waals surface area (Å²) in [7, 11) is 3.71. The summed E-state index contributed by atoms with van der Waals surface area (Å²) in [6.45, 7) is 0. The predicted molar refractivity (Wildman–Crippen MR) is 139 cm³/mol. The molecule has 0 bridgehead atoms. The lowest BCUT2D eigenvalue weighted by molar-refractivity contribution is 0.554. The van der Waals surface area contributed by atoms with Crippen molar-refractivity contribution in [2.45, 2.75) is 0 Å². The largest absolute Gasteiger partial charge is 0.257 e. The van der Waals surface area contributed by atoms with Gasteiger partial charge in [-0.1, -0.05) is 115 Å². The van der Waals surface area contributed by atoms with Crippen molar-refractivity contribution in [3.63, 3.8) is 0 Å². The minimum atomic E-state index is -0.0431. The van der Waals surface area contributed by atoms with Crippen LogP contribution in [-0.2, 0) is 0 Å². The van der Waals surface area contributed by atoms with Crippen LogP contribution < -0.4 is 0 Å². The maximum absolute atomic E-state index is 5.55. The lowest BCUT2D eigenvalue weighted by atomic mass is 10.0. The Labute approximate surface area is 194 Å². The second-order valence-corrected chi connectivity index (χ2v) is 7.63. The van der Waals surface area contributed by atoms with Crippen molar-refractivity contribution in [3.05, 3.63) is 108 Å². The van der Waals surface area contributed by atoms with Crippen molar-refractivity contribution in [1.29, 1.82) is 0 Å². The number of benzene rings is 2. The summed E-state index contributed by atoms with van der Waals surface area (Å²) in [5.74, 6) is -0.0431. The molecule has 1 aliphatic carbocycles. The quantitative estimate of drug-likeness (QED) is 0.346. The van der Waals surface area contributed by atoms with Gasteiger partial charge >= 0.3 is 0 Å². The number of thiocarbonyl (C=S) groups is 2. The maximum atomic E-state index is 5.55. The standard InChI is InChI=1S/C25H24N4S2/c1-28(24(30)20-12-6-3-7-13-20)26-18-22-16-10-5-11-17-23(22)19-27-29(2)25(31)21-14-8-4-9-15-21/h3-19,22H,1-2H3/b26-18+,27-19+. The summed E-state index contributed by atoms with van der Waals surface area (Å²) < 4.78 is 0. The summed E-state index contributed by atoms with van der Waals surface area (Å²) in [6, 6.07) is 19.7. The van der Waals surface area contributed by atoms with Gasteiger partial charge in [0.2, 0.25) is 0 Å². The highest BCUT2D eigenvalue weighted by molar-refractivity contribution is 7.80. The highest BCUT2D eigenvalue weighted by Crippen LogP contribution is 2.14. The highest BCUT2D eigenvalue weighted by atomic mass is 32.1. The predicted octanol–water partition coefficient (Wildman–Crippen LogP) is 5.24. The van der Waals surface area contributed by atoms with Gasteiger partial charge in [0.15, 0.2) is 0 Å². The first kappa shape index (κ1) is 22.5. The van der Waals surface area contributed by atoms with Crippen LogP contribution in [-0.4, -0.2) is 46.5 Å². The third kappa shape index (κ3) is 6.38. The Morgan fingerprint density at radius 1 is 0.774 bits per heavy atom. The van der Waals surface area contributed by atoms with Crippen molar-refractivity contribution in [2.75, 3.05) is 14.1 Å². The summed E-state index contributed by atoms with van der Waals surface area (Å²) in [5, 5.41) is 12.5. The molecule has 6 heteroatoms. The van der Waals surface area contributed by atoms with Crippen LogP contribution in [0.25, 0.3) is 0 Å². The molecule has 0 aromatic heterocycles. The monoisotopic (exact) mass is 444 g/mol. The first-order valence-corrected chi connectivity index (χ1v) is 10.7. The summed E-state index contributed by atoms with van der Waals surface area (Å²) >= 11 is 11.1. The van der Waals surface area contributed by atoms with E-state index in [1.165, 1.54) is 0 Å². The fourth-order valence-corrected chi connectivity index (χ4v) is 3.23. The van der Waals surface area contributed by atoms with Gasteiger partial charge < -0.3 is 0 Å². The molecule has 4 nitrogen and oxygen atoms in total. The van der Waals surface area contributed by atoms with E-state index in [1.54, 1.807) is 10.0 Å². The molecular formula is C25H24N4S2. The average molecular weight is 445 g/mol. The van der Waals surface area contributed by atoms with E-state index >= 15 is 0 Å².